The van der Waals surface area contributed by atoms with Crippen molar-refractivity contribution in [1.82, 2.24) is 19.5 Å². The fraction of sp³-hybridized carbons (Fsp3) is 0.500. The van der Waals surface area contributed by atoms with E-state index in [1.54, 1.807) is 17.7 Å². The Morgan fingerprint density at radius 1 is 0.970 bits per heavy atom. The van der Waals surface area contributed by atoms with Crippen molar-refractivity contribution in [3.8, 4) is 10.4 Å². The van der Waals surface area contributed by atoms with Gasteiger partial charge in [-0.3, -0.25) is 4.79 Å². The van der Waals surface area contributed by atoms with Gasteiger partial charge < -0.3 is 14.5 Å². The Labute approximate surface area is 196 Å². The van der Waals surface area contributed by atoms with Gasteiger partial charge in [0.2, 0.25) is 0 Å². The van der Waals surface area contributed by atoms with Gasteiger partial charge in [-0.05, 0) is 55.2 Å². The minimum absolute atomic E-state index is 0.0304. The Bertz CT molecular complexity index is 1380. The number of fused-ring (bicyclic) bond motifs is 3. The van der Waals surface area contributed by atoms with E-state index in [1.165, 1.54) is 56.9 Å². The maximum absolute atomic E-state index is 12.9. The zero-order valence-corrected chi connectivity index (χ0v) is 19.6. The lowest BCUT2D eigenvalue weighted by molar-refractivity contribution is 0.359. The summed E-state index contributed by atoms with van der Waals surface area (Å²) in [7, 11) is 0. The number of thiophene rings is 1. The van der Waals surface area contributed by atoms with Gasteiger partial charge in [0.25, 0.3) is 5.56 Å². The number of nitrogens with one attached hydrogen (secondary N) is 1. The van der Waals surface area contributed by atoms with Crippen molar-refractivity contribution in [1.29, 1.82) is 0 Å². The lowest BCUT2D eigenvalue weighted by atomic mass is 9.95. The zero-order chi connectivity index (χ0) is 21.9. The molecular formula is C26H29N5OS. The maximum Gasteiger partial charge on any atom is 0.261 e. The van der Waals surface area contributed by atoms with E-state index in [-0.39, 0.29) is 5.56 Å². The van der Waals surface area contributed by atoms with E-state index < -0.39 is 0 Å². The number of nitrogens with zero attached hydrogens (tertiary/aromatic N) is 4. The molecule has 0 spiro atoms. The molecule has 2 saturated carbocycles. The molecule has 170 valence electrons. The number of aromatic nitrogens is 4. The van der Waals surface area contributed by atoms with Gasteiger partial charge in [-0.15, -0.1) is 11.3 Å². The second-order valence-corrected chi connectivity index (χ2v) is 11.2. The predicted molar refractivity (Wildman–Crippen MR) is 134 cm³/mol. The van der Waals surface area contributed by atoms with Gasteiger partial charge in [-0.25, -0.2) is 9.97 Å². The van der Waals surface area contributed by atoms with Crippen LogP contribution in [0, 0.1) is 11.8 Å². The standard InChI is InChI=1S/C26H29N5OS/c32-25-22-23(27-14-28-25)24(33-26(22)30-12-17-5-4-6-18(17)13-30)16-9-10-21-20(11-16)29-15-31(21)19-7-2-1-3-8-19/h9-11,14-15,17-19H,1-8,12-13H2,(H,27,28,32). The van der Waals surface area contributed by atoms with Crippen LogP contribution in [0.4, 0.5) is 5.00 Å². The Morgan fingerprint density at radius 2 is 1.79 bits per heavy atom. The molecule has 3 aromatic heterocycles. The molecule has 1 N–H and O–H groups in total. The average Bonchev–Trinajstić information content (AvgIpc) is 3.60. The topological polar surface area (TPSA) is 66.8 Å². The van der Waals surface area contributed by atoms with Gasteiger partial charge in [0.05, 0.1) is 34.1 Å². The van der Waals surface area contributed by atoms with E-state index in [1.807, 2.05) is 6.33 Å². The Kier molecular flexibility index (Phi) is 4.61. The third kappa shape index (κ3) is 3.15. The van der Waals surface area contributed by atoms with E-state index in [0.717, 1.165) is 56.8 Å². The largest absolute Gasteiger partial charge is 0.362 e. The summed E-state index contributed by atoms with van der Waals surface area (Å²) < 4.78 is 2.38. The second-order valence-electron chi connectivity index (χ2n) is 10.2. The minimum Gasteiger partial charge on any atom is -0.362 e. The van der Waals surface area contributed by atoms with Crippen LogP contribution in [-0.2, 0) is 0 Å². The molecule has 4 heterocycles. The maximum atomic E-state index is 12.9. The van der Waals surface area contributed by atoms with Crippen molar-refractivity contribution in [2.75, 3.05) is 18.0 Å². The Morgan fingerprint density at radius 3 is 2.61 bits per heavy atom. The minimum atomic E-state index is -0.0304. The molecule has 2 atom stereocenters. The van der Waals surface area contributed by atoms with Crippen LogP contribution < -0.4 is 10.5 Å². The summed E-state index contributed by atoms with van der Waals surface area (Å²) in [6.07, 6.45) is 14.0. The van der Waals surface area contributed by atoms with Crippen LogP contribution in [-0.4, -0.2) is 32.6 Å². The first-order chi connectivity index (χ1) is 16.3. The van der Waals surface area contributed by atoms with Crippen molar-refractivity contribution in [2.45, 2.75) is 57.4 Å². The number of hydrogen-bond donors (Lipinski definition) is 1. The highest BCUT2D eigenvalue weighted by Crippen LogP contribution is 2.46. The van der Waals surface area contributed by atoms with Gasteiger partial charge in [0, 0.05) is 19.1 Å². The number of anilines is 1. The van der Waals surface area contributed by atoms with E-state index in [9.17, 15) is 4.79 Å². The molecule has 6 nitrogen and oxygen atoms in total. The molecule has 1 aromatic carbocycles. The molecule has 0 bridgehead atoms. The summed E-state index contributed by atoms with van der Waals surface area (Å²) in [5.41, 5.74) is 4.14. The summed E-state index contributed by atoms with van der Waals surface area (Å²) in [5.74, 6) is 1.56. The Hall–Kier alpha value is -2.67. The zero-order valence-electron chi connectivity index (χ0n) is 18.8. The van der Waals surface area contributed by atoms with Gasteiger partial charge in [0.1, 0.15) is 10.4 Å². The number of imidazole rings is 1. The van der Waals surface area contributed by atoms with Crippen molar-refractivity contribution in [3.63, 3.8) is 0 Å². The molecule has 4 aromatic rings. The molecule has 3 aliphatic rings. The first kappa shape index (κ1) is 19.8. The van der Waals surface area contributed by atoms with Crippen molar-refractivity contribution in [2.24, 2.45) is 11.8 Å². The van der Waals surface area contributed by atoms with Gasteiger partial charge >= 0.3 is 0 Å². The van der Waals surface area contributed by atoms with Crippen LogP contribution in [0.3, 0.4) is 0 Å². The molecule has 1 saturated heterocycles. The van der Waals surface area contributed by atoms with Crippen LogP contribution in [0.5, 0.6) is 0 Å². The van der Waals surface area contributed by atoms with Crippen LogP contribution in [0.25, 0.3) is 32.4 Å². The lowest BCUT2D eigenvalue weighted by Crippen LogP contribution is -2.21. The number of aromatic amines is 1. The molecule has 0 radical (unpaired) electrons. The molecule has 1 aliphatic heterocycles. The third-order valence-corrected chi connectivity index (χ3v) is 9.59. The molecule has 7 heteroatoms. The van der Waals surface area contributed by atoms with Crippen LogP contribution in [0.1, 0.15) is 57.4 Å². The van der Waals surface area contributed by atoms with Crippen molar-refractivity contribution in [3.05, 3.63) is 41.2 Å². The summed E-state index contributed by atoms with van der Waals surface area (Å²) in [6, 6.07) is 7.16. The second kappa shape index (κ2) is 7.69. The number of hydrogen-bond acceptors (Lipinski definition) is 5. The summed E-state index contributed by atoms with van der Waals surface area (Å²) in [5, 5.41) is 1.85. The summed E-state index contributed by atoms with van der Waals surface area (Å²) >= 11 is 1.73. The quantitative estimate of drug-likeness (QED) is 0.424. The van der Waals surface area contributed by atoms with Crippen LogP contribution in [0.2, 0.25) is 0 Å². The molecule has 2 unspecified atom stereocenters. The highest BCUT2D eigenvalue weighted by molar-refractivity contribution is 7.21. The molecule has 7 rings (SSSR count). The van der Waals surface area contributed by atoms with Gasteiger partial charge in [-0.1, -0.05) is 31.7 Å². The SMILES string of the molecule is O=c1[nH]cnc2c(-c3ccc4c(c3)ncn4C3CCCCC3)sc(N3CC4CCCC4C3)c12. The van der Waals surface area contributed by atoms with Crippen molar-refractivity contribution >= 4 is 38.3 Å². The van der Waals surface area contributed by atoms with E-state index in [4.69, 9.17) is 4.98 Å². The van der Waals surface area contributed by atoms with Gasteiger partial charge in [0.15, 0.2) is 0 Å². The molecule has 0 amide bonds. The smallest absolute Gasteiger partial charge is 0.261 e. The summed E-state index contributed by atoms with van der Waals surface area (Å²) in [4.78, 5) is 28.7. The third-order valence-electron chi connectivity index (χ3n) is 8.30. The molecule has 33 heavy (non-hydrogen) atoms. The number of H-pyrrole nitrogens is 1. The molecular weight excluding hydrogens is 430 g/mol. The van der Waals surface area contributed by atoms with Crippen LogP contribution >= 0.6 is 11.3 Å². The van der Waals surface area contributed by atoms with E-state index >= 15 is 0 Å². The fourth-order valence-corrected chi connectivity index (χ4v) is 7.87. The van der Waals surface area contributed by atoms with E-state index in [2.05, 4.69) is 37.6 Å². The summed E-state index contributed by atoms with van der Waals surface area (Å²) in [6.45, 7) is 2.14. The monoisotopic (exact) mass is 459 g/mol. The fourth-order valence-electron chi connectivity index (χ4n) is 6.61. The van der Waals surface area contributed by atoms with Crippen LogP contribution in [0.15, 0.2) is 35.6 Å². The average molecular weight is 460 g/mol. The Balaban J connectivity index is 1.31. The molecule has 2 aliphatic carbocycles. The first-order valence-electron chi connectivity index (χ1n) is 12.5. The number of benzene rings is 1. The molecule has 3 fully saturated rings. The van der Waals surface area contributed by atoms with Crippen molar-refractivity contribution < 1.29 is 0 Å². The predicted octanol–water partition coefficient (Wildman–Crippen LogP) is 5.74. The normalized spacial score (nSPS) is 23.7. The highest BCUT2D eigenvalue weighted by Gasteiger charge is 2.38. The lowest BCUT2D eigenvalue weighted by Gasteiger charge is -2.23. The highest BCUT2D eigenvalue weighted by atomic mass is 32.1. The number of rotatable bonds is 3. The first-order valence-corrected chi connectivity index (χ1v) is 13.3. The van der Waals surface area contributed by atoms with Gasteiger partial charge in [-0.2, -0.15) is 0 Å². The van der Waals surface area contributed by atoms with E-state index in [0.29, 0.717) is 6.04 Å².